The highest BCUT2D eigenvalue weighted by Crippen LogP contribution is 2.28. The summed E-state index contributed by atoms with van der Waals surface area (Å²) in [5.74, 6) is -5.54. The second-order valence-corrected chi connectivity index (χ2v) is 7.23. The molecule has 2 unspecified atom stereocenters. The van der Waals surface area contributed by atoms with Crippen molar-refractivity contribution < 1.29 is 28.6 Å². The molecule has 164 valence electrons. The summed E-state index contributed by atoms with van der Waals surface area (Å²) >= 11 is 0. The number of carboxylic acid groups (broad SMARTS) is 2. The molecular formula is C24H20F2N2O4. The number of carbonyl (C=O) groups is 2. The molecule has 2 aromatic heterocycles. The van der Waals surface area contributed by atoms with Crippen LogP contribution in [0.3, 0.4) is 0 Å². The molecule has 32 heavy (non-hydrogen) atoms. The molecule has 0 amide bonds. The number of pyridine rings is 2. The molecule has 0 fully saturated rings. The van der Waals surface area contributed by atoms with Gasteiger partial charge in [-0.25, -0.2) is 8.78 Å². The molecule has 2 heterocycles. The first-order chi connectivity index (χ1) is 15.2. The number of hydrogen-bond donors (Lipinski definition) is 2. The molecule has 0 saturated carbocycles. The fourth-order valence-electron chi connectivity index (χ4n) is 3.19. The van der Waals surface area contributed by atoms with Crippen molar-refractivity contribution in [2.45, 2.75) is 25.7 Å². The fourth-order valence-corrected chi connectivity index (χ4v) is 3.19. The Morgan fingerprint density at radius 1 is 0.844 bits per heavy atom. The van der Waals surface area contributed by atoms with Gasteiger partial charge in [0.25, 0.3) is 0 Å². The van der Waals surface area contributed by atoms with E-state index in [0.717, 1.165) is 22.5 Å². The lowest BCUT2D eigenvalue weighted by Gasteiger charge is -2.11. The minimum atomic E-state index is -1.27. The first kappa shape index (κ1) is 22.7. The molecule has 6 nitrogen and oxygen atoms in total. The molecule has 0 aliphatic carbocycles. The average molecular weight is 438 g/mol. The van der Waals surface area contributed by atoms with E-state index >= 15 is 0 Å². The van der Waals surface area contributed by atoms with Gasteiger partial charge >= 0.3 is 11.9 Å². The molecule has 0 radical (unpaired) electrons. The van der Waals surface area contributed by atoms with E-state index in [2.05, 4.69) is 9.97 Å². The third-order valence-corrected chi connectivity index (χ3v) is 5.13. The van der Waals surface area contributed by atoms with E-state index in [0.29, 0.717) is 0 Å². The van der Waals surface area contributed by atoms with Crippen molar-refractivity contribution in [2.24, 2.45) is 0 Å². The highest BCUT2D eigenvalue weighted by atomic mass is 19.1. The maximum Gasteiger partial charge on any atom is 0.310 e. The number of nitrogens with zero attached hydrogens (tertiary/aromatic N) is 2. The van der Waals surface area contributed by atoms with Gasteiger partial charge in [0.2, 0.25) is 0 Å². The van der Waals surface area contributed by atoms with Gasteiger partial charge in [-0.3, -0.25) is 19.6 Å². The second-order valence-electron chi connectivity index (χ2n) is 7.23. The number of hydrogen-bond acceptors (Lipinski definition) is 4. The van der Waals surface area contributed by atoms with E-state index < -0.39 is 41.0 Å². The standard InChI is InChI=1S/C12H9F2NO2.C12H11NO2/c1-6(12(16)17)10-8(13)5-9-7(11(10)14)3-2-4-15-9;1-8(12(14)15)9-4-5-11-10(7-9)3-2-6-13-11/h2-6H,1H3,(H,16,17);2-8H,1H3,(H,14,15). The first-order valence-electron chi connectivity index (χ1n) is 9.73. The lowest BCUT2D eigenvalue weighted by atomic mass is 9.98. The lowest BCUT2D eigenvalue weighted by molar-refractivity contribution is -0.139. The fraction of sp³-hybridized carbons (Fsp3) is 0.167. The minimum Gasteiger partial charge on any atom is -0.481 e. The van der Waals surface area contributed by atoms with Crippen molar-refractivity contribution >= 4 is 33.7 Å². The van der Waals surface area contributed by atoms with E-state index in [4.69, 9.17) is 10.2 Å². The van der Waals surface area contributed by atoms with Gasteiger partial charge in [0.05, 0.1) is 22.9 Å². The third kappa shape index (κ3) is 4.69. The summed E-state index contributed by atoms with van der Waals surface area (Å²) in [4.78, 5) is 29.6. The molecule has 0 spiro atoms. The second kappa shape index (κ2) is 9.47. The zero-order valence-electron chi connectivity index (χ0n) is 17.3. The Balaban J connectivity index is 0.000000182. The van der Waals surface area contributed by atoms with Crippen molar-refractivity contribution in [2.75, 3.05) is 0 Å². The Bertz CT molecular complexity index is 1310. The first-order valence-corrected chi connectivity index (χ1v) is 9.73. The third-order valence-electron chi connectivity index (χ3n) is 5.13. The number of halogens is 2. The predicted molar refractivity (Wildman–Crippen MR) is 116 cm³/mol. The van der Waals surface area contributed by atoms with Crippen molar-refractivity contribution in [3.8, 4) is 0 Å². The summed E-state index contributed by atoms with van der Waals surface area (Å²) < 4.78 is 27.6. The SMILES string of the molecule is CC(C(=O)O)c1c(F)cc2ncccc2c1F.CC(C(=O)O)c1ccc2ncccc2c1. The van der Waals surface area contributed by atoms with Gasteiger partial charge in [-0.1, -0.05) is 12.1 Å². The summed E-state index contributed by atoms with van der Waals surface area (Å²) in [5, 5.41) is 18.8. The van der Waals surface area contributed by atoms with Crippen LogP contribution in [0.2, 0.25) is 0 Å². The van der Waals surface area contributed by atoms with Gasteiger partial charge in [0.1, 0.15) is 11.6 Å². The summed E-state index contributed by atoms with van der Waals surface area (Å²) in [7, 11) is 0. The van der Waals surface area contributed by atoms with Crippen LogP contribution in [0.5, 0.6) is 0 Å². The quantitative estimate of drug-likeness (QED) is 0.459. The van der Waals surface area contributed by atoms with E-state index in [1.54, 1.807) is 13.1 Å². The van der Waals surface area contributed by atoms with Crippen LogP contribution in [0, 0.1) is 11.6 Å². The number of benzene rings is 2. The highest BCUT2D eigenvalue weighted by molar-refractivity contribution is 5.84. The van der Waals surface area contributed by atoms with Gasteiger partial charge in [0.15, 0.2) is 0 Å². The topological polar surface area (TPSA) is 100 Å². The van der Waals surface area contributed by atoms with Crippen LogP contribution in [-0.2, 0) is 9.59 Å². The van der Waals surface area contributed by atoms with Crippen LogP contribution >= 0.6 is 0 Å². The zero-order valence-corrected chi connectivity index (χ0v) is 17.3. The van der Waals surface area contributed by atoms with Crippen LogP contribution in [-0.4, -0.2) is 32.1 Å². The molecule has 0 aliphatic heterocycles. The average Bonchev–Trinajstić information content (AvgIpc) is 2.78. The van der Waals surface area contributed by atoms with Gasteiger partial charge in [-0.2, -0.15) is 0 Å². The molecule has 2 N–H and O–H groups in total. The smallest absolute Gasteiger partial charge is 0.310 e. The van der Waals surface area contributed by atoms with Crippen LogP contribution in [0.15, 0.2) is 60.9 Å². The summed E-state index contributed by atoms with van der Waals surface area (Å²) in [5.41, 5.74) is 1.43. The highest BCUT2D eigenvalue weighted by Gasteiger charge is 2.24. The van der Waals surface area contributed by atoms with E-state index in [9.17, 15) is 18.4 Å². The van der Waals surface area contributed by atoms with Gasteiger partial charge in [-0.05, 0) is 49.7 Å². The Labute approximate surface area is 182 Å². The number of rotatable bonds is 4. The summed E-state index contributed by atoms with van der Waals surface area (Å²) in [6, 6.07) is 13.3. The number of aliphatic carboxylic acids is 2. The monoisotopic (exact) mass is 438 g/mol. The largest absolute Gasteiger partial charge is 0.481 e. The normalized spacial score (nSPS) is 12.6. The molecular weight excluding hydrogens is 418 g/mol. The molecule has 0 aliphatic rings. The van der Waals surface area contributed by atoms with E-state index in [1.165, 1.54) is 25.3 Å². The van der Waals surface area contributed by atoms with Crippen LogP contribution in [0.1, 0.15) is 36.8 Å². The Hall–Kier alpha value is -3.94. The van der Waals surface area contributed by atoms with E-state index in [1.807, 2.05) is 30.3 Å². The van der Waals surface area contributed by atoms with E-state index in [-0.39, 0.29) is 10.9 Å². The Morgan fingerprint density at radius 2 is 1.47 bits per heavy atom. The molecule has 4 rings (SSSR count). The van der Waals surface area contributed by atoms with Crippen molar-refractivity contribution in [1.29, 1.82) is 0 Å². The minimum absolute atomic E-state index is 0.122. The van der Waals surface area contributed by atoms with Gasteiger partial charge < -0.3 is 10.2 Å². The van der Waals surface area contributed by atoms with Crippen LogP contribution < -0.4 is 0 Å². The van der Waals surface area contributed by atoms with Gasteiger partial charge in [-0.15, -0.1) is 0 Å². The molecule has 4 aromatic rings. The summed E-state index contributed by atoms with van der Waals surface area (Å²) in [6.45, 7) is 2.92. The Morgan fingerprint density at radius 3 is 2.12 bits per heavy atom. The maximum absolute atomic E-state index is 14.0. The Kier molecular flexibility index (Phi) is 6.73. The molecule has 0 saturated heterocycles. The number of fused-ring (bicyclic) bond motifs is 2. The predicted octanol–water partition coefficient (Wildman–Crippen LogP) is 5.12. The number of carboxylic acids is 2. The molecule has 2 aromatic carbocycles. The van der Waals surface area contributed by atoms with Crippen molar-refractivity contribution in [1.82, 2.24) is 9.97 Å². The number of aromatic nitrogens is 2. The molecule has 2 atom stereocenters. The molecule has 0 bridgehead atoms. The van der Waals surface area contributed by atoms with Crippen molar-refractivity contribution in [3.63, 3.8) is 0 Å². The summed E-state index contributed by atoms with van der Waals surface area (Å²) in [6.07, 6.45) is 3.14. The van der Waals surface area contributed by atoms with Crippen LogP contribution in [0.4, 0.5) is 8.78 Å². The zero-order chi connectivity index (χ0) is 23.4. The van der Waals surface area contributed by atoms with Gasteiger partial charge in [0, 0.05) is 34.8 Å². The lowest BCUT2D eigenvalue weighted by Crippen LogP contribution is -2.12. The van der Waals surface area contributed by atoms with Crippen molar-refractivity contribution in [3.05, 3.63) is 83.7 Å². The molecule has 8 heteroatoms. The van der Waals surface area contributed by atoms with Crippen LogP contribution in [0.25, 0.3) is 21.8 Å². The maximum atomic E-state index is 14.0.